The SMILES string of the molecule is CCC1=C(C=O)CCC2(C)c3ccc(C(C)C)c(C)c3CCC12. The van der Waals surface area contributed by atoms with Crippen molar-refractivity contribution in [3.8, 4) is 0 Å². The molecular formula is C22H30O. The number of carbonyl (C=O) groups excluding carboxylic acids is 1. The molecule has 2 aliphatic carbocycles. The van der Waals surface area contributed by atoms with Crippen molar-refractivity contribution in [1.29, 1.82) is 0 Å². The number of aldehydes is 1. The van der Waals surface area contributed by atoms with Gasteiger partial charge in [-0.3, -0.25) is 4.79 Å². The second kappa shape index (κ2) is 5.92. The van der Waals surface area contributed by atoms with E-state index in [9.17, 15) is 4.79 Å². The number of carbonyl (C=O) groups is 1. The Morgan fingerprint density at radius 2 is 2.04 bits per heavy atom. The smallest absolute Gasteiger partial charge is 0.145 e. The Morgan fingerprint density at radius 3 is 2.65 bits per heavy atom. The highest BCUT2D eigenvalue weighted by molar-refractivity contribution is 5.75. The number of hydrogen-bond donors (Lipinski definition) is 0. The van der Waals surface area contributed by atoms with Crippen molar-refractivity contribution in [2.45, 2.75) is 78.1 Å². The first-order chi connectivity index (χ1) is 10.9. The lowest BCUT2D eigenvalue weighted by molar-refractivity contribution is -0.105. The average molecular weight is 310 g/mol. The predicted molar refractivity (Wildman–Crippen MR) is 97.0 cm³/mol. The number of benzene rings is 1. The van der Waals surface area contributed by atoms with Gasteiger partial charge in [0.1, 0.15) is 6.29 Å². The summed E-state index contributed by atoms with van der Waals surface area (Å²) < 4.78 is 0. The molecule has 23 heavy (non-hydrogen) atoms. The summed E-state index contributed by atoms with van der Waals surface area (Å²) in [4.78, 5) is 11.5. The summed E-state index contributed by atoms with van der Waals surface area (Å²) in [6.45, 7) is 11.6. The van der Waals surface area contributed by atoms with Crippen LogP contribution in [0.5, 0.6) is 0 Å². The molecule has 1 aromatic carbocycles. The van der Waals surface area contributed by atoms with Crippen LogP contribution in [0, 0.1) is 12.8 Å². The monoisotopic (exact) mass is 310 g/mol. The summed E-state index contributed by atoms with van der Waals surface area (Å²) >= 11 is 0. The zero-order chi connectivity index (χ0) is 16.8. The minimum absolute atomic E-state index is 0.214. The van der Waals surface area contributed by atoms with Crippen molar-refractivity contribution in [1.82, 2.24) is 0 Å². The molecule has 0 saturated carbocycles. The predicted octanol–water partition coefficient (Wildman–Crippen LogP) is 5.64. The molecule has 1 nitrogen and oxygen atoms in total. The maximum Gasteiger partial charge on any atom is 0.145 e. The Bertz CT molecular complexity index is 665. The second-order valence-corrected chi connectivity index (χ2v) is 7.99. The zero-order valence-corrected chi connectivity index (χ0v) is 15.3. The highest BCUT2D eigenvalue weighted by Gasteiger charge is 2.45. The summed E-state index contributed by atoms with van der Waals surface area (Å²) in [5.74, 6) is 1.14. The Hall–Kier alpha value is -1.37. The molecule has 0 saturated heterocycles. The van der Waals surface area contributed by atoms with Gasteiger partial charge in [0, 0.05) is 0 Å². The van der Waals surface area contributed by atoms with Crippen molar-refractivity contribution in [3.63, 3.8) is 0 Å². The third kappa shape index (κ3) is 2.40. The molecular weight excluding hydrogens is 280 g/mol. The van der Waals surface area contributed by atoms with Crippen LogP contribution in [-0.2, 0) is 16.6 Å². The van der Waals surface area contributed by atoms with Crippen LogP contribution in [0.15, 0.2) is 23.3 Å². The lowest BCUT2D eigenvalue weighted by Crippen LogP contribution is -2.41. The van der Waals surface area contributed by atoms with Crippen LogP contribution in [0.25, 0.3) is 0 Å². The zero-order valence-electron chi connectivity index (χ0n) is 15.3. The van der Waals surface area contributed by atoms with Gasteiger partial charge in [0.2, 0.25) is 0 Å². The maximum atomic E-state index is 11.5. The molecule has 1 aromatic rings. The lowest BCUT2D eigenvalue weighted by Gasteiger charge is -2.48. The number of allylic oxidation sites excluding steroid dienone is 2. The largest absolute Gasteiger partial charge is 0.298 e. The van der Waals surface area contributed by atoms with Crippen LogP contribution >= 0.6 is 0 Å². The van der Waals surface area contributed by atoms with E-state index in [0.717, 1.165) is 37.5 Å². The molecule has 0 aromatic heterocycles. The fraction of sp³-hybridized carbons (Fsp3) is 0.591. The Labute approximate surface area is 141 Å². The van der Waals surface area contributed by atoms with Gasteiger partial charge in [-0.15, -0.1) is 0 Å². The molecule has 0 fully saturated rings. The van der Waals surface area contributed by atoms with Gasteiger partial charge in [-0.25, -0.2) is 0 Å². The molecule has 3 rings (SSSR count). The molecule has 124 valence electrons. The normalized spacial score (nSPS) is 27.0. The van der Waals surface area contributed by atoms with Crippen molar-refractivity contribution < 1.29 is 4.79 Å². The number of rotatable bonds is 3. The van der Waals surface area contributed by atoms with Crippen molar-refractivity contribution in [3.05, 3.63) is 45.5 Å². The summed E-state index contributed by atoms with van der Waals surface area (Å²) in [5, 5.41) is 0. The quantitative estimate of drug-likeness (QED) is 0.660. The first kappa shape index (κ1) is 16.5. The number of hydrogen-bond acceptors (Lipinski definition) is 1. The van der Waals surface area contributed by atoms with Gasteiger partial charge >= 0.3 is 0 Å². The van der Waals surface area contributed by atoms with Crippen LogP contribution in [0.2, 0.25) is 0 Å². The molecule has 0 bridgehead atoms. The Balaban J connectivity index is 2.14. The highest BCUT2D eigenvalue weighted by Crippen LogP contribution is 2.53. The van der Waals surface area contributed by atoms with Crippen LogP contribution in [-0.4, -0.2) is 6.29 Å². The highest BCUT2D eigenvalue weighted by atomic mass is 16.1. The van der Waals surface area contributed by atoms with Crippen LogP contribution in [0.4, 0.5) is 0 Å². The van der Waals surface area contributed by atoms with E-state index in [1.165, 1.54) is 23.1 Å². The number of fused-ring (bicyclic) bond motifs is 3. The van der Waals surface area contributed by atoms with Gasteiger partial charge in [-0.1, -0.05) is 45.4 Å². The Morgan fingerprint density at radius 1 is 1.30 bits per heavy atom. The van der Waals surface area contributed by atoms with E-state index in [1.807, 2.05) is 0 Å². The Kier molecular flexibility index (Phi) is 4.25. The molecule has 1 heteroatoms. The van der Waals surface area contributed by atoms with Crippen LogP contribution in [0.3, 0.4) is 0 Å². The van der Waals surface area contributed by atoms with Gasteiger partial charge in [0.25, 0.3) is 0 Å². The van der Waals surface area contributed by atoms with Gasteiger partial charge in [-0.05, 0) is 84.1 Å². The van der Waals surface area contributed by atoms with E-state index < -0.39 is 0 Å². The standard InChI is InChI=1S/C22H30O/c1-6-17-16(13-23)11-12-22(5)20(17)10-8-19-15(4)18(14(2)3)7-9-21(19)22/h7,9,13-14,20H,6,8,10-12H2,1-5H3. The second-order valence-electron chi connectivity index (χ2n) is 7.99. The van der Waals surface area contributed by atoms with Crippen LogP contribution in [0.1, 0.15) is 81.5 Å². The first-order valence-corrected chi connectivity index (χ1v) is 9.24. The van der Waals surface area contributed by atoms with E-state index >= 15 is 0 Å². The molecule has 0 heterocycles. The van der Waals surface area contributed by atoms with Gasteiger partial charge in [0.05, 0.1) is 0 Å². The average Bonchev–Trinajstić information content (AvgIpc) is 2.53. The van der Waals surface area contributed by atoms with E-state index in [1.54, 1.807) is 11.1 Å². The third-order valence-corrected chi connectivity index (χ3v) is 6.60. The van der Waals surface area contributed by atoms with Gasteiger partial charge < -0.3 is 0 Å². The van der Waals surface area contributed by atoms with Crippen LogP contribution < -0.4 is 0 Å². The van der Waals surface area contributed by atoms with Crippen molar-refractivity contribution >= 4 is 6.29 Å². The summed E-state index contributed by atoms with van der Waals surface area (Å²) in [7, 11) is 0. The van der Waals surface area contributed by atoms with Gasteiger partial charge in [-0.2, -0.15) is 0 Å². The van der Waals surface area contributed by atoms with Crippen molar-refractivity contribution in [2.75, 3.05) is 0 Å². The summed E-state index contributed by atoms with van der Waals surface area (Å²) in [6, 6.07) is 4.76. The molecule has 2 atom stereocenters. The minimum Gasteiger partial charge on any atom is -0.298 e. The molecule has 0 N–H and O–H groups in total. The van der Waals surface area contributed by atoms with E-state index in [4.69, 9.17) is 0 Å². The van der Waals surface area contributed by atoms with Crippen molar-refractivity contribution in [2.24, 2.45) is 5.92 Å². The molecule has 0 spiro atoms. The topological polar surface area (TPSA) is 17.1 Å². The lowest BCUT2D eigenvalue weighted by atomic mass is 9.55. The first-order valence-electron chi connectivity index (χ1n) is 9.24. The fourth-order valence-corrected chi connectivity index (χ4v) is 5.31. The third-order valence-electron chi connectivity index (χ3n) is 6.60. The van der Waals surface area contributed by atoms with E-state index in [-0.39, 0.29) is 5.41 Å². The summed E-state index contributed by atoms with van der Waals surface area (Å²) in [6.07, 6.45) is 6.57. The van der Waals surface area contributed by atoms with Gasteiger partial charge in [0.15, 0.2) is 0 Å². The molecule has 2 unspecified atom stereocenters. The fourth-order valence-electron chi connectivity index (χ4n) is 5.31. The molecule has 0 amide bonds. The van der Waals surface area contributed by atoms with E-state index in [2.05, 4.69) is 46.8 Å². The maximum absolute atomic E-state index is 11.5. The summed E-state index contributed by atoms with van der Waals surface area (Å²) in [5.41, 5.74) is 8.92. The van der Waals surface area contributed by atoms with E-state index in [0.29, 0.717) is 11.8 Å². The molecule has 0 aliphatic heterocycles. The molecule has 0 radical (unpaired) electrons. The molecule has 2 aliphatic rings. The minimum atomic E-state index is 0.214.